The summed E-state index contributed by atoms with van der Waals surface area (Å²) in [4.78, 5) is 12.2. The third-order valence-corrected chi connectivity index (χ3v) is 3.73. The quantitative estimate of drug-likeness (QED) is 0.565. The van der Waals surface area contributed by atoms with Crippen LogP contribution in [0.2, 0.25) is 0 Å². The maximum Gasteiger partial charge on any atom is 0.212 e. The number of benzene rings is 1. The fourth-order valence-corrected chi connectivity index (χ4v) is 2.97. The lowest BCUT2D eigenvalue weighted by Gasteiger charge is -1.98. The normalized spacial score (nSPS) is 11.3. The molecular formula is C12H9NOS. The van der Waals surface area contributed by atoms with E-state index in [1.54, 1.807) is 11.3 Å². The molecular weight excluding hydrogens is 206 g/mol. The lowest BCUT2D eigenvalue weighted by molar-refractivity contribution is 0.966. The first kappa shape index (κ1) is 8.68. The molecule has 0 atom stereocenters. The van der Waals surface area contributed by atoms with Crippen LogP contribution >= 0.6 is 11.3 Å². The fourth-order valence-electron chi connectivity index (χ4n) is 1.85. The Bertz CT molecular complexity index is 708. The monoisotopic (exact) mass is 215 g/mol. The van der Waals surface area contributed by atoms with Gasteiger partial charge < -0.3 is 4.57 Å². The van der Waals surface area contributed by atoms with Crippen molar-refractivity contribution in [3.8, 4) is 0 Å². The van der Waals surface area contributed by atoms with Crippen LogP contribution in [0.25, 0.3) is 20.3 Å². The summed E-state index contributed by atoms with van der Waals surface area (Å²) in [6.45, 7) is 0. The molecule has 0 radical (unpaired) electrons. The Morgan fingerprint density at radius 3 is 2.80 bits per heavy atom. The fraction of sp³-hybridized carbons (Fsp3) is 0.0833. The molecule has 0 fully saturated rings. The predicted molar refractivity (Wildman–Crippen MR) is 64.6 cm³/mol. The third-order valence-electron chi connectivity index (χ3n) is 2.60. The summed E-state index contributed by atoms with van der Waals surface area (Å²) in [7, 11) is 1.91. The zero-order valence-corrected chi connectivity index (χ0v) is 9.04. The van der Waals surface area contributed by atoms with Crippen LogP contribution in [-0.2, 0) is 7.05 Å². The minimum absolute atomic E-state index is 0.131. The first-order valence-electron chi connectivity index (χ1n) is 4.74. The van der Waals surface area contributed by atoms with Crippen molar-refractivity contribution in [1.82, 2.24) is 4.57 Å². The highest BCUT2D eigenvalue weighted by molar-refractivity contribution is 7.24. The van der Waals surface area contributed by atoms with Crippen LogP contribution in [0.4, 0.5) is 0 Å². The summed E-state index contributed by atoms with van der Waals surface area (Å²) in [5.41, 5.74) is 0.936. The second-order valence-electron chi connectivity index (χ2n) is 3.57. The van der Waals surface area contributed by atoms with Crippen LogP contribution in [0, 0.1) is 0 Å². The summed E-state index contributed by atoms with van der Waals surface area (Å²) in [6, 6.07) is 9.75. The zero-order valence-electron chi connectivity index (χ0n) is 8.23. The maximum atomic E-state index is 12.2. The highest BCUT2D eigenvalue weighted by atomic mass is 32.1. The van der Waals surface area contributed by atoms with Gasteiger partial charge >= 0.3 is 0 Å². The molecule has 0 saturated carbocycles. The SMILES string of the molecule is Cn1ccc2sc3ccccc3c(=O)c21. The molecule has 3 rings (SSSR count). The average molecular weight is 215 g/mol. The Hall–Kier alpha value is -1.61. The molecule has 1 aromatic carbocycles. The van der Waals surface area contributed by atoms with Gasteiger partial charge in [0.1, 0.15) is 5.52 Å². The van der Waals surface area contributed by atoms with E-state index < -0.39 is 0 Å². The molecule has 0 bridgehead atoms. The number of aryl methyl sites for hydroxylation is 1. The molecule has 0 saturated heterocycles. The molecule has 0 unspecified atom stereocenters. The van der Waals surface area contributed by atoms with Gasteiger partial charge in [0.25, 0.3) is 0 Å². The molecule has 3 aromatic rings. The molecule has 2 aromatic heterocycles. The summed E-state index contributed by atoms with van der Waals surface area (Å²) < 4.78 is 4.00. The van der Waals surface area contributed by atoms with E-state index in [0.717, 1.165) is 20.3 Å². The minimum atomic E-state index is 0.131. The van der Waals surface area contributed by atoms with Gasteiger partial charge in [0.2, 0.25) is 5.43 Å². The van der Waals surface area contributed by atoms with Gasteiger partial charge in [-0.1, -0.05) is 12.1 Å². The van der Waals surface area contributed by atoms with Crippen LogP contribution in [0.3, 0.4) is 0 Å². The molecule has 0 aliphatic rings. The summed E-state index contributed by atoms with van der Waals surface area (Å²) in [5.74, 6) is 0. The lowest BCUT2D eigenvalue weighted by atomic mass is 10.2. The van der Waals surface area contributed by atoms with Crippen molar-refractivity contribution >= 4 is 31.6 Å². The van der Waals surface area contributed by atoms with Gasteiger partial charge in [0.15, 0.2) is 0 Å². The molecule has 2 heterocycles. The standard InChI is InChI=1S/C12H9NOS/c1-13-7-6-10-11(13)12(14)8-4-2-3-5-9(8)15-10/h2-7H,1H3. The van der Waals surface area contributed by atoms with E-state index in [-0.39, 0.29) is 5.43 Å². The van der Waals surface area contributed by atoms with Gasteiger partial charge in [-0.3, -0.25) is 4.79 Å². The average Bonchev–Trinajstić information content (AvgIpc) is 2.61. The highest BCUT2D eigenvalue weighted by Crippen LogP contribution is 2.24. The number of hydrogen-bond donors (Lipinski definition) is 0. The smallest absolute Gasteiger partial charge is 0.212 e. The van der Waals surface area contributed by atoms with Crippen molar-refractivity contribution < 1.29 is 0 Å². The van der Waals surface area contributed by atoms with Crippen molar-refractivity contribution in [2.75, 3.05) is 0 Å². The van der Waals surface area contributed by atoms with Gasteiger partial charge in [0, 0.05) is 23.3 Å². The van der Waals surface area contributed by atoms with Gasteiger partial charge in [0.05, 0.1) is 4.70 Å². The van der Waals surface area contributed by atoms with Crippen molar-refractivity contribution in [1.29, 1.82) is 0 Å². The van der Waals surface area contributed by atoms with Gasteiger partial charge in [-0.25, -0.2) is 0 Å². The van der Waals surface area contributed by atoms with Crippen LogP contribution in [0.15, 0.2) is 41.3 Å². The van der Waals surface area contributed by atoms with E-state index in [9.17, 15) is 4.79 Å². The van der Waals surface area contributed by atoms with E-state index in [2.05, 4.69) is 0 Å². The maximum absolute atomic E-state index is 12.2. The van der Waals surface area contributed by atoms with E-state index in [1.807, 2.05) is 48.1 Å². The highest BCUT2D eigenvalue weighted by Gasteiger charge is 2.07. The van der Waals surface area contributed by atoms with E-state index in [1.165, 1.54) is 0 Å². The Morgan fingerprint density at radius 1 is 1.13 bits per heavy atom. The van der Waals surface area contributed by atoms with Crippen molar-refractivity contribution in [3.63, 3.8) is 0 Å². The topological polar surface area (TPSA) is 22.0 Å². The first-order chi connectivity index (χ1) is 7.27. The molecule has 3 heteroatoms. The molecule has 15 heavy (non-hydrogen) atoms. The molecule has 0 N–H and O–H groups in total. The van der Waals surface area contributed by atoms with Gasteiger partial charge in [-0.2, -0.15) is 0 Å². The summed E-state index contributed by atoms with van der Waals surface area (Å²) in [5, 5.41) is 0.816. The minimum Gasteiger partial charge on any atom is -0.347 e. The van der Waals surface area contributed by atoms with Crippen LogP contribution in [-0.4, -0.2) is 4.57 Å². The summed E-state index contributed by atoms with van der Waals surface area (Å²) >= 11 is 1.67. The van der Waals surface area contributed by atoms with Crippen molar-refractivity contribution in [2.45, 2.75) is 0 Å². The molecule has 0 aliphatic heterocycles. The summed E-state index contributed by atoms with van der Waals surface area (Å²) in [6.07, 6.45) is 1.93. The lowest BCUT2D eigenvalue weighted by Crippen LogP contribution is -2.04. The number of aromatic nitrogens is 1. The predicted octanol–water partition coefficient (Wildman–Crippen LogP) is 2.75. The van der Waals surface area contributed by atoms with Crippen LogP contribution in [0.5, 0.6) is 0 Å². The first-order valence-corrected chi connectivity index (χ1v) is 5.56. The van der Waals surface area contributed by atoms with Crippen LogP contribution in [0.1, 0.15) is 0 Å². The molecule has 0 amide bonds. The Balaban J connectivity index is 2.69. The van der Waals surface area contributed by atoms with Gasteiger partial charge in [-0.15, -0.1) is 11.3 Å². The zero-order chi connectivity index (χ0) is 10.4. The van der Waals surface area contributed by atoms with E-state index >= 15 is 0 Å². The number of fused-ring (bicyclic) bond motifs is 2. The van der Waals surface area contributed by atoms with Crippen molar-refractivity contribution in [2.24, 2.45) is 7.05 Å². The van der Waals surface area contributed by atoms with Gasteiger partial charge in [-0.05, 0) is 18.2 Å². The third kappa shape index (κ3) is 1.13. The largest absolute Gasteiger partial charge is 0.347 e. The molecule has 0 aliphatic carbocycles. The second kappa shape index (κ2) is 2.94. The Labute approximate surface area is 90.4 Å². The number of nitrogens with zero attached hydrogens (tertiary/aromatic N) is 1. The molecule has 0 spiro atoms. The van der Waals surface area contributed by atoms with Crippen molar-refractivity contribution in [3.05, 3.63) is 46.8 Å². The number of rotatable bonds is 0. The van der Waals surface area contributed by atoms with Crippen LogP contribution < -0.4 is 5.43 Å². The Kier molecular flexibility index (Phi) is 1.70. The van der Waals surface area contributed by atoms with E-state index in [4.69, 9.17) is 0 Å². The van der Waals surface area contributed by atoms with E-state index in [0.29, 0.717) is 0 Å². The Morgan fingerprint density at radius 2 is 1.93 bits per heavy atom. The second-order valence-corrected chi connectivity index (χ2v) is 4.65. The molecule has 2 nitrogen and oxygen atoms in total. The molecule has 74 valence electrons. The number of hydrogen-bond acceptors (Lipinski definition) is 2.